The lowest BCUT2D eigenvalue weighted by Gasteiger charge is -2.38. The van der Waals surface area contributed by atoms with Gasteiger partial charge in [-0.1, -0.05) is 133 Å². The molecule has 127 heavy (non-hydrogen) atoms. The number of imidazole rings is 1. The summed E-state index contributed by atoms with van der Waals surface area (Å²) in [6.45, 7) is 13.1. The fourth-order valence-electron chi connectivity index (χ4n) is 14.1. The van der Waals surface area contributed by atoms with Gasteiger partial charge in [-0.3, -0.25) is 20.0 Å². The molecule has 0 amide bonds. The zero-order valence-electron chi connectivity index (χ0n) is 66.6. The number of halogens is 5. The predicted molar refractivity (Wildman–Crippen MR) is 471 cm³/mol. The largest absolute Gasteiger partial charge is 0.487 e. The molecule has 8 aliphatic rings. The summed E-state index contributed by atoms with van der Waals surface area (Å²) in [5.41, 5.74) is 2.08. The molecule has 9 aromatic rings. The number of hydrogen-bond acceptors (Lipinski definition) is 33. The van der Waals surface area contributed by atoms with Crippen molar-refractivity contribution < 1.29 is 96.7 Å². The van der Waals surface area contributed by atoms with Gasteiger partial charge in [-0.2, -0.15) is 13.2 Å². The van der Waals surface area contributed by atoms with Crippen LogP contribution in [0.2, 0.25) is 5.02 Å². The van der Waals surface area contributed by atoms with Crippen LogP contribution >= 0.6 is 58.6 Å². The number of aliphatic imine (C=N–C) groups is 4. The Morgan fingerprint density at radius 2 is 0.756 bits per heavy atom. The van der Waals surface area contributed by atoms with Crippen LogP contribution in [0.4, 0.5) is 17.6 Å². The van der Waals surface area contributed by atoms with Crippen molar-refractivity contribution in [2.75, 3.05) is 26.2 Å². The summed E-state index contributed by atoms with van der Waals surface area (Å²) in [5, 5.41) is 142. The highest BCUT2D eigenvalue weighted by Crippen LogP contribution is 2.40. The average Bonchev–Trinajstić information content (AvgIpc) is 1.69. The van der Waals surface area contributed by atoms with Crippen LogP contribution in [0.5, 0.6) is 17.2 Å². The number of fused-ring (bicyclic) bond motifs is 5. The summed E-state index contributed by atoms with van der Waals surface area (Å²) in [7, 11) is 0. The van der Waals surface area contributed by atoms with E-state index in [2.05, 4.69) is 87.5 Å². The maximum atomic E-state index is 13.6. The molecule has 13 N–H and O–H groups in total. The van der Waals surface area contributed by atoms with Gasteiger partial charge in [0.15, 0.2) is 20.7 Å². The second-order valence-electron chi connectivity index (χ2n) is 29.1. The molecule has 17 rings (SSSR count). The van der Waals surface area contributed by atoms with Gasteiger partial charge < -0.3 is 105 Å². The molecule has 0 aliphatic carbocycles. The molecule has 8 aliphatic heterocycles. The van der Waals surface area contributed by atoms with E-state index in [4.69, 9.17) is 44.8 Å². The van der Waals surface area contributed by atoms with Crippen molar-refractivity contribution >= 4 is 90.4 Å². The fraction of sp³-hybridized carbons (Fsp3) is 0.537. The average molecular weight is 1870 g/mol. The highest BCUT2D eigenvalue weighted by Gasteiger charge is 2.53. The molecule has 0 radical (unpaired) electrons. The molecule has 1 unspecified atom stereocenters. The SMILES string of the molecule is C.C.C.C.CCN=C1N[C@@H]2[C@@H](O)[C@H](O)[C@@H](Cn3cc(COc4ccc(C(C)O)cc4)nn3)O[C@@H]2S1.CCN=C1N[C@@H]2[C@@H](O)[C@H](O)[C@@H](Cn3cc(COc4ccc(Cl)cc4)nn3)O[C@@H]2S1.CCN=C1N[C@@H]2[C@@H](O)[C@H](O)[C@@H](Cn3cc(COc4ccc(F)cc4)nn3)O[C@@H]2S1.CCN=C1N[C@@H]2[C@@H](O)[C@H](O)[C@@H](Cn3cc(Cn4c(C(F)(F)F)nc5ccccc54)nn3)O[C@@H]2S1. The van der Waals surface area contributed by atoms with E-state index >= 15 is 0 Å². The van der Waals surface area contributed by atoms with Crippen molar-refractivity contribution in [3.05, 3.63) is 167 Å². The van der Waals surface area contributed by atoms with Crippen molar-refractivity contribution in [3.8, 4) is 17.2 Å². The molecular weight excluding hydrogens is 1760 g/mol. The van der Waals surface area contributed by atoms with Crippen molar-refractivity contribution in [2.24, 2.45) is 20.0 Å². The second kappa shape index (κ2) is 45.6. The molecule has 694 valence electrons. The third-order valence-corrected chi connectivity index (χ3v) is 25.0. The van der Waals surface area contributed by atoms with Crippen LogP contribution in [0.3, 0.4) is 0 Å². The van der Waals surface area contributed by atoms with Crippen molar-refractivity contribution in [2.45, 2.75) is 248 Å². The molecule has 0 spiro atoms. The number of nitrogens with one attached hydrogen (secondary N) is 4. The first-order valence-electron chi connectivity index (χ1n) is 39.5. The number of ether oxygens (including phenoxy) is 7. The molecule has 21 atom stereocenters. The van der Waals surface area contributed by atoms with Gasteiger partial charge >= 0.3 is 6.18 Å². The Morgan fingerprint density at radius 3 is 1.08 bits per heavy atom. The molecule has 13 heterocycles. The van der Waals surface area contributed by atoms with Crippen LogP contribution in [-0.4, -0.2) is 281 Å². The summed E-state index contributed by atoms with van der Waals surface area (Å²) < 4.78 is 102. The summed E-state index contributed by atoms with van der Waals surface area (Å²) >= 11 is 11.4. The zero-order chi connectivity index (χ0) is 86.8. The highest BCUT2D eigenvalue weighted by molar-refractivity contribution is 8.15. The Kier molecular flexibility index (Phi) is 36.0. The van der Waals surface area contributed by atoms with E-state index in [0.717, 1.165) is 15.3 Å². The third-order valence-electron chi connectivity index (χ3n) is 20.3. The van der Waals surface area contributed by atoms with Crippen LogP contribution in [0.15, 0.2) is 142 Å². The lowest BCUT2D eigenvalue weighted by Crippen LogP contribution is -2.59. The van der Waals surface area contributed by atoms with Crippen LogP contribution in [-0.2, 0) is 77.7 Å². The number of aliphatic hydroxyl groups is 9. The minimum absolute atomic E-state index is 0. The van der Waals surface area contributed by atoms with E-state index in [0.29, 0.717) is 86.6 Å². The van der Waals surface area contributed by atoms with E-state index in [9.17, 15) is 63.5 Å². The number of rotatable bonds is 24. The van der Waals surface area contributed by atoms with E-state index < -0.39 is 121 Å². The highest BCUT2D eigenvalue weighted by atomic mass is 35.5. The van der Waals surface area contributed by atoms with E-state index in [1.165, 1.54) is 88.3 Å². The summed E-state index contributed by atoms with van der Waals surface area (Å²) in [6, 6.07) is 24.6. The summed E-state index contributed by atoms with van der Waals surface area (Å²) in [5.74, 6) is 0.520. The molecule has 4 aromatic carbocycles. The Labute approximate surface area is 752 Å². The number of hydrogen-bond donors (Lipinski definition) is 13. The Balaban J connectivity index is 0.000000175. The second-order valence-corrected chi connectivity index (χ2v) is 33.9. The van der Waals surface area contributed by atoms with Gasteiger partial charge in [-0.25, -0.2) is 28.1 Å². The molecule has 5 aromatic heterocycles. The zero-order valence-corrected chi connectivity index (χ0v) is 70.6. The minimum Gasteiger partial charge on any atom is -0.487 e. The number of nitrogens with zero attached hydrogens (tertiary/aromatic N) is 18. The van der Waals surface area contributed by atoms with Gasteiger partial charge in [0.05, 0.1) is 98.8 Å². The molecular formula is C80H109ClF4N22O16S4. The smallest absolute Gasteiger partial charge is 0.449 e. The van der Waals surface area contributed by atoms with Crippen LogP contribution in [0.25, 0.3) is 11.0 Å². The first kappa shape index (κ1) is 100. The molecule has 8 fully saturated rings. The molecule has 0 saturated carbocycles. The topological polar surface area (TPSA) is 485 Å². The summed E-state index contributed by atoms with van der Waals surface area (Å²) in [6.07, 6.45) is -9.61. The number of aromatic nitrogens is 14. The predicted octanol–water partition coefficient (Wildman–Crippen LogP) is 5.77. The molecule has 38 nitrogen and oxygen atoms in total. The molecule has 47 heteroatoms. The Bertz CT molecular complexity index is 4940. The quantitative estimate of drug-likeness (QED) is 0.0319. The minimum atomic E-state index is -4.63. The van der Waals surface area contributed by atoms with Gasteiger partial charge in [0.2, 0.25) is 5.82 Å². The standard InChI is InChI=1S/C20H22F3N7O3S.C20H27N5O5S.C18H22ClN5O4S.C18H22FN5O4S.4CH4/c1-2-24-19-26-14-16(32)15(31)13(33-17(14)34-19)9-29-7-10(27-28-29)8-30-12-6-4-3-5-11(12)25-18(30)20(21,22)23;1-3-21-20-22-16-18(28)17(27)15(30-19(16)31-20)9-25-8-13(23-24-25)10-29-14-6-4-12(5-7-14)11(2)26;2*1-2-20-18-21-14-16(26)15(25)13(28-17(14)29-18)8-24-7-11(22-23-24)9-27-12-5-3-10(19)4-6-12;;;;/h3-7,13-17,31-32H,2,8-9H2,1H3,(H,24,26);4-8,11,15-19,26-28H,3,9-10H2,1-2H3,(H,21,22);2*3-7,13-17,25-26H,2,8-9H2,1H3,(H,20,21);4*1H4/t13-,14-,15-,16-,17-;11?,15-,16-,17-,18-,19-;2*13-,14-,15-,16-,17-;;;;/m1111..../s1. The first-order valence-corrected chi connectivity index (χ1v) is 43.4. The summed E-state index contributed by atoms with van der Waals surface area (Å²) in [4.78, 5) is 21.0. The lowest BCUT2D eigenvalue weighted by atomic mass is 9.98. The number of alkyl halides is 3. The normalized spacial score (nSPS) is 28.7. The van der Waals surface area contributed by atoms with E-state index in [1.807, 2.05) is 39.8 Å². The third kappa shape index (κ3) is 25.0. The van der Waals surface area contributed by atoms with E-state index in [-0.39, 0.29) is 116 Å². The Morgan fingerprint density at radius 1 is 0.449 bits per heavy atom. The number of benzene rings is 4. The van der Waals surface area contributed by atoms with Crippen molar-refractivity contribution in [3.63, 3.8) is 0 Å². The maximum absolute atomic E-state index is 13.6. The van der Waals surface area contributed by atoms with Gasteiger partial charge in [0.1, 0.15) is 161 Å². The van der Waals surface area contributed by atoms with Crippen molar-refractivity contribution in [1.82, 2.24) is 90.8 Å². The van der Waals surface area contributed by atoms with Gasteiger partial charge in [-0.05, 0) is 113 Å². The maximum Gasteiger partial charge on any atom is 0.449 e. The number of para-hydroxylation sites is 2. The van der Waals surface area contributed by atoms with Gasteiger partial charge in [0, 0.05) is 31.2 Å². The monoisotopic (exact) mass is 1870 g/mol. The van der Waals surface area contributed by atoms with Crippen LogP contribution in [0.1, 0.15) is 105 Å². The Hall–Kier alpha value is -8.92. The first-order chi connectivity index (χ1) is 59.2. The molecule has 0 bridgehead atoms. The number of thioether (sulfide) groups is 4. The van der Waals surface area contributed by atoms with Gasteiger partial charge in [-0.15, -0.1) is 20.4 Å². The fourth-order valence-corrected chi connectivity index (χ4v) is 19.0. The van der Waals surface area contributed by atoms with Crippen LogP contribution < -0.4 is 35.5 Å². The molecule has 8 saturated heterocycles. The lowest BCUT2D eigenvalue weighted by molar-refractivity contribution is -0.160. The van der Waals surface area contributed by atoms with Gasteiger partial charge in [0.25, 0.3) is 0 Å². The van der Waals surface area contributed by atoms with Crippen LogP contribution in [0, 0.1) is 5.82 Å². The van der Waals surface area contributed by atoms with Crippen molar-refractivity contribution in [1.29, 1.82) is 0 Å². The number of amidine groups is 4. The van der Waals surface area contributed by atoms with E-state index in [1.54, 1.807) is 94.2 Å². The number of aliphatic hydroxyl groups excluding tert-OH is 9.